The Hall–Kier alpha value is -3.35. The van der Waals surface area contributed by atoms with E-state index in [2.05, 4.69) is 29.6 Å². The molecule has 34 heavy (non-hydrogen) atoms. The molecule has 2 amide bonds. The van der Waals surface area contributed by atoms with Crippen molar-refractivity contribution < 1.29 is 24.2 Å². The number of carbonyl (C=O) groups is 3. The van der Waals surface area contributed by atoms with E-state index >= 15 is 0 Å². The number of likely N-dealkylation sites (tertiary alicyclic amines) is 1. The average molecular weight is 465 g/mol. The van der Waals surface area contributed by atoms with Gasteiger partial charge in [-0.2, -0.15) is 0 Å². The molecule has 3 atom stereocenters. The maximum absolute atomic E-state index is 13.3. The molecule has 0 bridgehead atoms. The summed E-state index contributed by atoms with van der Waals surface area (Å²) in [4.78, 5) is 39.1. The second kappa shape index (κ2) is 10.3. The zero-order chi connectivity index (χ0) is 24.2. The molecule has 2 aromatic carbocycles. The minimum Gasteiger partial charge on any atom is -0.481 e. The Bertz CT molecular complexity index is 1020. The van der Waals surface area contributed by atoms with Crippen LogP contribution in [0.4, 0.5) is 4.79 Å². The summed E-state index contributed by atoms with van der Waals surface area (Å²) in [6.07, 6.45) is 1.26. The molecule has 1 aliphatic heterocycles. The molecule has 7 nitrogen and oxygen atoms in total. The van der Waals surface area contributed by atoms with Crippen molar-refractivity contribution in [1.29, 1.82) is 0 Å². The monoisotopic (exact) mass is 464 g/mol. The highest BCUT2D eigenvalue weighted by Gasteiger charge is 2.35. The molecular formula is C27H32N2O5. The fourth-order valence-corrected chi connectivity index (χ4v) is 5.03. The number of amides is 2. The van der Waals surface area contributed by atoms with Crippen LogP contribution in [0.5, 0.6) is 0 Å². The number of fused-ring (bicyclic) bond motifs is 3. The molecule has 1 saturated heterocycles. The van der Waals surface area contributed by atoms with E-state index in [0.717, 1.165) is 22.3 Å². The predicted octanol–water partition coefficient (Wildman–Crippen LogP) is 4.26. The van der Waals surface area contributed by atoms with E-state index < -0.39 is 24.0 Å². The Balaban J connectivity index is 1.43. The van der Waals surface area contributed by atoms with Crippen LogP contribution in [-0.4, -0.2) is 53.7 Å². The quantitative estimate of drug-likeness (QED) is 0.638. The molecule has 4 rings (SSSR count). The zero-order valence-corrected chi connectivity index (χ0v) is 19.7. The fourth-order valence-electron chi connectivity index (χ4n) is 5.03. The minimum absolute atomic E-state index is 0.0608. The summed E-state index contributed by atoms with van der Waals surface area (Å²) < 4.78 is 5.65. The number of hydrogen-bond donors (Lipinski definition) is 2. The number of carboxylic acids is 1. The van der Waals surface area contributed by atoms with Crippen LogP contribution in [0, 0.1) is 11.8 Å². The third kappa shape index (κ3) is 4.79. The molecule has 0 radical (unpaired) electrons. The molecule has 0 spiro atoms. The lowest BCUT2D eigenvalue weighted by molar-refractivity contribution is -0.146. The van der Waals surface area contributed by atoms with Gasteiger partial charge in [0.1, 0.15) is 12.6 Å². The highest BCUT2D eigenvalue weighted by Crippen LogP contribution is 2.44. The molecule has 1 heterocycles. The van der Waals surface area contributed by atoms with Crippen LogP contribution < -0.4 is 5.32 Å². The number of hydrogen-bond acceptors (Lipinski definition) is 4. The van der Waals surface area contributed by atoms with Crippen molar-refractivity contribution in [2.24, 2.45) is 11.8 Å². The van der Waals surface area contributed by atoms with E-state index in [1.165, 1.54) is 0 Å². The SMILES string of the molecule is CCC(C)[C@H](NC(=O)OCC1c2ccccc2-c2ccccc21)C(=O)N1CCC[C@H](C(=O)O)C1. The summed E-state index contributed by atoms with van der Waals surface area (Å²) in [5.41, 5.74) is 4.55. The van der Waals surface area contributed by atoms with Gasteiger partial charge in [-0.15, -0.1) is 0 Å². The van der Waals surface area contributed by atoms with Gasteiger partial charge in [0.15, 0.2) is 0 Å². The molecule has 2 aliphatic rings. The normalized spacial score (nSPS) is 19.0. The van der Waals surface area contributed by atoms with E-state index in [1.807, 2.05) is 38.1 Å². The van der Waals surface area contributed by atoms with Gasteiger partial charge < -0.3 is 20.1 Å². The first-order valence-electron chi connectivity index (χ1n) is 12.0. The van der Waals surface area contributed by atoms with Gasteiger partial charge in [0.05, 0.1) is 5.92 Å². The maximum atomic E-state index is 13.3. The molecule has 0 saturated carbocycles. The first-order chi connectivity index (χ1) is 16.4. The minimum atomic E-state index is -0.887. The van der Waals surface area contributed by atoms with E-state index in [9.17, 15) is 19.5 Å². The first-order valence-corrected chi connectivity index (χ1v) is 12.0. The van der Waals surface area contributed by atoms with Crippen LogP contribution in [0.15, 0.2) is 48.5 Å². The molecule has 0 aromatic heterocycles. The highest BCUT2D eigenvalue weighted by atomic mass is 16.5. The lowest BCUT2D eigenvalue weighted by atomic mass is 9.94. The summed E-state index contributed by atoms with van der Waals surface area (Å²) in [6, 6.07) is 15.5. The summed E-state index contributed by atoms with van der Waals surface area (Å²) in [5, 5.41) is 12.1. The molecule has 180 valence electrons. The Morgan fingerprint density at radius 2 is 1.71 bits per heavy atom. The summed E-state index contributed by atoms with van der Waals surface area (Å²) in [6.45, 7) is 4.72. The molecule has 1 unspecified atom stereocenters. The van der Waals surface area contributed by atoms with Crippen molar-refractivity contribution in [3.05, 3.63) is 59.7 Å². The standard InChI is InChI=1S/C27H32N2O5/c1-3-17(2)24(25(30)29-14-8-9-18(15-29)26(31)32)28-27(33)34-16-23-21-12-6-4-10-19(21)20-11-5-7-13-22(20)23/h4-7,10-13,17-18,23-24H,3,8-9,14-16H2,1-2H3,(H,28,33)(H,31,32)/t17?,18-,24-/m0/s1. The second-order valence-electron chi connectivity index (χ2n) is 9.29. The third-order valence-corrected chi connectivity index (χ3v) is 7.18. The van der Waals surface area contributed by atoms with Crippen LogP contribution in [0.25, 0.3) is 11.1 Å². The Kier molecular flexibility index (Phi) is 7.20. The van der Waals surface area contributed by atoms with Crippen LogP contribution in [-0.2, 0) is 14.3 Å². The number of aliphatic carboxylic acids is 1. The summed E-state index contributed by atoms with van der Waals surface area (Å²) in [5.74, 6) is -1.87. The summed E-state index contributed by atoms with van der Waals surface area (Å²) >= 11 is 0. The van der Waals surface area contributed by atoms with Crippen LogP contribution >= 0.6 is 0 Å². The van der Waals surface area contributed by atoms with Crippen LogP contribution in [0.2, 0.25) is 0 Å². The number of carbonyl (C=O) groups excluding carboxylic acids is 2. The van der Waals surface area contributed by atoms with Gasteiger partial charge in [-0.05, 0) is 41.0 Å². The third-order valence-electron chi connectivity index (χ3n) is 7.18. The number of alkyl carbamates (subject to hydrolysis) is 1. The van der Waals surface area contributed by atoms with Crippen molar-refractivity contribution in [1.82, 2.24) is 10.2 Å². The number of nitrogens with one attached hydrogen (secondary N) is 1. The van der Waals surface area contributed by atoms with Crippen molar-refractivity contribution in [3.63, 3.8) is 0 Å². The highest BCUT2D eigenvalue weighted by molar-refractivity contribution is 5.87. The Morgan fingerprint density at radius 1 is 1.09 bits per heavy atom. The molecule has 7 heteroatoms. The van der Waals surface area contributed by atoms with Crippen LogP contribution in [0.1, 0.15) is 50.2 Å². The molecule has 1 fully saturated rings. The fraction of sp³-hybridized carbons (Fsp3) is 0.444. The molecule has 2 N–H and O–H groups in total. The Morgan fingerprint density at radius 3 is 2.29 bits per heavy atom. The molecule has 1 aliphatic carbocycles. The van der Waals surface area contributed by atoms with Crippen molar-refractivity contribution in [2.45, 2.75) is 45.1 Å². The van der Waals surface area contributed by atoms with Gasteiger partial charge in [-0.25, -0.2) is 4.79 Å². The Labute approximate surface area is 200 Å². The number of piperidine rings is 1. The van der Waals surface area contributed by atoms with Gasteiger partial charge in [0.2, 0.25) is 5.91 Å². The number of carboxylic acid groups (broad SMARTS) is 1. The van der Waals surface area contributed by atoms with Crippen molar-refractivity contribution in [2.75, 3.05) is 19.7 Å². The van der Waals surface area contributed by atoms with Gasteiger partial charge >= 0.3 is 12.1 Å². The lowest BCUT2D eigenvalue weighted by Crippen LogP contribution is -2.54. The van der Waals surface area contributed by atoms with Crippen molar-refractivity contribution in [3.8, 4) is 11.1 Å². The van der Waals surface area contributed by atoms with Gasteiger partial charge in [-0.3, -0.25) is 9.59 Å². The topological polar surface area (TPSA) is 95.9 Å². The van der Waals surface area contributed by atoms with Crippen molar-refractivity contribution >= 4 is 18.0 Å². The largest absolute Gasteiger partial charge is 0.481 e. The maximum Gasteiger partial charge on any atom is 0.407 e. The second-order valence-corrected chi connectivity index (χ2v) is 9.29. The van der Waals surface area contributed by atoms with E-state index in [0.29, 0.717) is 25.8 Å². The van der Waals surface area contributed by atoms with E-state index in [4.69, 9.17) is 4.74 Å². The lowest BCUT2D eigenvalue weighted by Gasteiger charge is -2.35. The summed E-state index contributed by atoms with van der Waals surface area (Å²) in [7, 11) is 0. The average Bonchev–Trinajstić information content (AvgIpc) is 3.19. The van der Waals surface area contributed by atoms with Gasteiger partial charge in [0, 0.05) is 19.0 Å². The van der Waals surface area contributed by atoms with Gasteiger partial charge in [-0.1, -0.05) is 68.8 Å². The number of rotatable bonds is 7. The molecular weight excluding hydrogens is 432 g/mol. The van der Waals surface area contributed by atoms with Crippen LogP contribution in [0.3, 0.4) is 0 Å². The van der Waals surface area contributed by atoms with E-state index in [1.54, 1.807) is 4.90 Å². The number of benzene rings is 2. The first kappa shape index (κ1) is 23.8. The smallest absolute Gasteiger partial charge is 0.407 e. The predicted molar refractivity (Wildman–Crippen MR) is 128 cm³/mol. The van der Waals surface area contributed by atoms with Gasteiger partial charge in [0.25, 0.3) is 0 Å². The van der Waals surface area contributed by atoms with E-state index in [-0.39, 0.29) is 30.9 Å². The zero-order valence-electron chi connectivity index (χ0n) is 19.7. The number of ether oxygens (including phenoxy) is 1. The number of nitrogens with zero attached hydrogens (tertiary/aromatic N) is 1. The molecule has 2 aromatic rings.